The summed E-state index contributed by atoms with van der Waals surface area (Å²) in [5.74, 6) is 1.05. The Hall–Kier alpha value is -2.69. The van der Waals surface area contributed by atoms with E-state index in [1.807, 2.05) is 18.3 Å². The van der Waals surface area contributed by atoms with Gasteiger partial charge in [-0.1, -0.05) is 54.6 Å². The summed E-state index contributed by atoms with van der Waals surface area (Å²) in [7, 11) is 0. The Kier molecular flexibility index (Phi) is 6.77. The molecule has 4 rings (SSSR count). The molecule has 1 saturated heterocycles. The lowest BCUT2D eigenvalue weighted by atomic mass is 9.97. The zero-order valence-corrected chi connectivity index (χ0v) is 17.6. The molecule has 1 aromatic heterocycles. The van der Waals surface area contributed by atoms with Gasteiger partial charge >= 0.3 is 0 Å². The van der Waals surface area contributed by atoms with Crippen LogP contribution in [0.15, 0.2) is 66.9 Å². The van der Waals surface area contributed by atoms with Crippen molar-refractivity contribution in [3.63, 3.8) is 0 Å². The lowest BCUT2D eigenvalue weighted by Crippen LogP contribution is -2.36. The molecule has 1 N–H and O–H groups in total. The zero-order valence-electron chi connectivity index (χ0n) is 17.6. The summed E-state index contributed by atoms with van der Waals surface area (Å²) in [5, 5.41) is 9.41. The second-order valence-corrected chi connectivity index (χ2v) is 8.18. The molecule has 0 saturated carbocycles. The van der Waals surface area contributed by atoms with Gasteiger partial charge in [-0.25, -0.2) is 4.98 Å². The quantitative estimate of drug-likeness (QED) is 0.614. The number of aliphatic hydroxyl groups excluding tert-OH is 1. The van der Waals surface area contributed by atoms with Gasteiger partial charge in [0.15, 0.2) is 0 Å². The average Bonchev–Trinajstić information content (AvgIpc) is 2.80. The second-order valence-electron chi connectivity index (χ2n) is 8.18. The highest BCUT2D eigenvalue weighted by molar-refractivity contribution is 5.68. The Labute approximate surface area is 179 Å². The van der Waals surface area contributed by atoms with Crippen LogP contribution >= 0.6 is 0 Å². The highest BCUT2D eigenvalue weighted by Gasteiger charge is 2.19. The Balaban J connectivity index is 1.37. The molecule has 0 amide bonds. The van der Waals surface area contributed by atoms with E-state index in [0.29, 0.717) is 18.4 Å². The summed E-state index contributed by atoms with van der Waals surface area (Å²) in [6, 6.07) is 20.9. The van der Waals surface area contributed by atoms with E-state index in [9.17, 15) is 5.11 Å². The van der Waals surface area contributed by atoms with Gasteiger partial charge < -0.3 is 9.84 Å². The van der Waals surface area contributed by atoms with Crippen LogP contribution in [0.25, 0.3) is 11.1 Å². The summed E-state index contributed by atoms with van der Waals surface area (Å²) in [6.07, 6.45) is 4.19. The van der Waals surface area contributed by atoms with Gasteiger partial charge in [-0.3, -0.25) is 4.90 Å². The molecule has 1 aliphatic heterocycles. The molecule has 1 atom stereocenters. The van der Waals surface area contributed by atoms with Crippen molar-refractivity contribution in [1.82, 2.24) is 9.88 Å². The fraction of sp³-hybridized carbons (Fsp3) is 0.346. The van der Waals surface area contributed by atoms with Crippen molar-refractivity contribution in [2.24, 2.45) is 5.92 Å². The van der Waals surface area contributed by atoms with Gasteiger partial charge in [-0.05, 0) is 60.0 Å². The van der Waals surface area contributed by atoms with Gasteiger partial charge in [0.2, 0.25) is 5.88 Å². The van der Waals surface area contributed by atoms with Crippen LogP contribution in [-0.2, 0) is 13.2 Å². The van der Waals surface area contributed by atoms with Crippen molar-refractivity contribution in [3.05, 3.63) is 83.6 Å². The maximum atomic E-state index is 9.41. The number of hydrogen-bond donors (Lipinski definition) is 1. The third kappa shape index (κ3) is 5.07. The third-order valence-electron chi connectivity index (χ3n) is 5.97. The Morgan fingerprint density at radius 1 is 1.07 bits per heavy atom. The van der Waals surface area contributed by atoms with Crippen LogP contribution in [0.3, 0.4) is 0 Å². The van der Waals surface area contributed by atoms with E-state index in [1.165, 1.54) is 27.8 Å². The maximum absolute atomic E-state index is 9.41. The van der Waals surface area contributed by atoms with E-state index in [0.717, 1.165) is 32.5 Å². The van der Waals surface area contributed by atoms with E-state index in [1.54, 1.807) is 0 Å². The minimum Gasteiger partial charge on any atom is -0.473 e. The fourth-order valence-electron chi connectivity index (χ4n) is 4.21. The van der Waals surface area contributed by atoms with E-state index < -0.39 is 0 Å². The van der Waals surface area contributed by atoms with Crippen LogP contribution in [0.4, 0.5) is 0 Å². The van der Waals surface area contributed by atoms with Crippen LogP contribution in [0.2, 0.25) is 0 Å². The van der Waals surface area contributed by atoms with Gasteiger partial charge in [0, 0.05) is 32.0 Å². The molecule has 0 bridgehead atoms. The molecule has 0 aliphatic carbocycles. The molecular weight excluding hydrogens is 372 g/mol. The van der Waals surface area contributed by atoms with Crippen LogP contribution in [0, 0.1) is 12.8 Å². The molecule has 1 unspecified atom stereocenters. The van der Waals surface area contributed by atoms with Crippen LogP contribution < -0.4 is 4.74 Å². The van der Waals surface area contributed by atoms with Gasteiger partial charge in [0.25, 0.3) is 0 Å². The predicted octanol–water partition coefficient (Wildman–Crippen LogP) is 4.84. The van der Waals surface area contributed by atoms with Crippen molar-refractivity contribution in [1.29, 1.82) is 0 Å². The number of piperidine rings is 1. The van der Waals surface area contributed by atoms with Crippen LogP contribution in [0.1, 0.15) is 29.5 Å². The molecule has 156 valence electrons. The van der Waals surface area contributed by atoms with E-state index in [2.05, 4.69) is 65.3 Å². The van der Waals surface area contributed by atoms with E-state index in [4.69, 9.17) is 4.74 Å². The lowest BCUT2D eigenvalue weighted by Gasteiger charge is -2.31. The van der Waals surface area contributed by atoms with Crippen LogP contribution in [0.5, 0.6) is 5.88 Å². The number of benzene rings is 2. The Morgan fingerprint density at radius 2 is 1.93 bits per heavy atom. The SMILES string of the molecule is Cc1c(COc2ccc(CN3CCCC(CO)C3)cn2)cccc1-c1ccccc1. The number of likely N-dealkylation sites (tertiary alicyclic amines) is 1. The normalized spacial score (nSPS) is 17.1. The molecule has 4 heteroatoms. The predicted molar refractivity (Wildman–Crippen MR) is 120 cm³/mol. The minimum atomic E-state index is 0.284. The number of nitrogens with zero attached hydrogens (tertiary/aromatic N) is 2. The molecule has 2 heterocycles. The highest BCUT2D eigenvalue weighted by Crippen LogP contribution is 2.26. The Bertz CT molecular complexity index is 941. The molecule has 0 radical (unpaired) electrons. The van der Waals surface area contributed by atoms with Gasteiger partial charge in [-0.15, -0.1) is 0 Å². The van der Waals surface area contributed by atoms with Crippen LogP contribution in [-0.4, -0.2) is 34.7 Å². The number of hydrogen-bond acceptors (Lipinski definition) is 4. The van der Waals surface area contributed by atoms with Crippen molar-refractivity contribution in [2.75, 3.05) is 19.7 Å². The second kappa shape index (κ2) is 9.88. The Morgan fingerprint density at radius 3 is 2.70 bits per heavy atom. The van der Waals surface area contributed by atoms with E-state index >= 15 is 0 Å². The maximum Gasteiger partial charge on any atom is 0.213 e. The smallest absolute Gasteiger partial charge is 0.213 e. The van der Waals surface area contributed by atoms with Crippen molar-refractivity contribution in [2.45, 2.75) is 32.9 Å². The first kappa shape index (κ1) is 20.6. The largest absolute Gasteiger partial charge is 0.473 e. The van der Waals surface area contributed by atoms with Crippen molar-refractivity contribution >= 4 is 0 Å². The standard InChI is InChI=1S/C26H30N2O2/c1-20-24(10-5-11-25(20)23-8-3-2-4-9-23)19-30-26-13-12-21(15-27-26)16-28-14-6-7-22(17-28)18-29/h2-5,8-13,15,22,29H,6-7,14,16-19H2,1H3. The molecule has 4 nitrogen and oxygen atoms in total. The molecule has 3 aromatic rings. The summed E-state index contributed by atoms with van der Waals surface area (Å²) in [5.41, 5.74) is 6.06. The highest BCUT2D eigenvalue weighted by atomic mass is 16.5. The summed E-state index contributed by atoms with van der Waals surface area (Å²) >= 11 is 0. The number of ether oxygens (including phenoxy) is 1. The van der Waals surface area contributed by atoms with Crippen molar-refractivity contribution < 1.29 is 9.84 Å². The molecule has 1 fully saturated rings. The minimum absolute atomic E-state index is 0.284. The number of aliphatic hydroxyl groups is 1. The topological polar surface area (TPSA) is 45.6 Å². The summed E-state index contributed by atoms with van der Waals surface area (Å²) < 4.78 is 5.99. The third-order valence-corrected chi connectivity index (χ3v) is 5.97. The lowest BCUT2D eigenvalue weighted by molar-refractivity contribution is 0.116. The zero-order chi connectivity index (χ0) is 20.8. The van der Waals surface area contributed by atoms with Gasteiger partial charge in [0.1, 0.15) is 6.61 Å². The summed E-state index contributed by atoms with van der Waals surface area (Å²) in [6.45, 7) is 5.87. The van der Waals surface area contributed by atoms with E-state index in [-0.39, 0.29) is 6.61 Å². The molecule has 30 heavy (non-hydrogen) atoms. The first-order valence-electron chi connectivity index (χ1n) is 10.8. The fourth-order valence-corrected chi connectivity index (χ4v) is 4.21. The number of aromatic nitrogens is 1. The first-order valence-corrected chi connectivity index (χ1v) is 10.8. The molecular formula is C26H30N2O2. The molecule has 0 spiro atoms. The molecule has 2 aromatic carbocycles. The monoisotopic (exact) mass is 402 g/mol. The molecule has 1 aliphatic rings. The number of rotatable bonds is 7. The number of pyridine rings is 1. The van der Waals surface area contributed by atoms with Gasteiger partial charge in [-0.2, -0.15) is 0 Å². The van der Waals surface area contributed by atoms with Crippen molar-refractivity contribution in [3.8, 4) is 17.0 Å². The average molecular weight is 403 g/mol. The van der Waals surface area contributed by atoms with Gasteiger partial charge in [0.05, 0.1) is 0 Å². The summed E-state index contributed by atoms with van der Waals surface area (Å²) in [4.78, 5) is 6.91. The first-order chi connectivity index (χ1) is 14.7.